The third-order valence-electron chi connectivity index (χ3n) is 9.73. The highest BCUT2D eigenvalue weighted by Crippen LogP contribution is 2.44. The Balaban J connectivity index is 1.36. The van der Waals surface area contributed by atoms with Gasteiger partial charge < -0.3 is 0 Å². The third kappa shape index (κ3) is 5.91. The van der Waals surface area contributed by atoms with Crippen LogP contribution < -0.4 is 0 Å². The average Bonchev–Trinajstić information content (AvgIpc) is 3.12. The van der Waals surface area contributed by atoms with E-state index in [1.807, 2.05) is 0 Å². The first-order chi connectivity index (χ1) is 23.6. The number of hydrogen-bond acceptors (Lipinski definition) is 0. The highest BCUT2D eigenvalue weighted by Gasteiger charge is 2.19. The van der Waals surface area contributed by atoms with Gasteiger partial charge in [-0.1, -0.05) is 165 Å². The van der Waals surface area contributed by atoms with Crippen LogP contribution in [0.3, 0.4) is 0 Å². The zero-order valence-electron chi connectivity index (χ0n) is 28.3. The maximum absolute atomic E-state index is 4.40. The minimum absolute atomic E-state index is 0.995. The van der Waals surface area contributed by atoms with Crippen LogP contribution in [-0.4, -0.2) is 0 Å². The lowest BCUT2D eigenvalue weighted by Crippen LogP contribution is -1.98. The van der Waals surface area contributed by atoms with Gasteiger partial charge in [0.2, 0.25) is 0 Å². The molecule has 0 nitrogen and oxygen atoms in total. The maximum Gasteiger partial charge on any atom is -0.00264 e. The Morgan fingerprint density at radius 1 is 0.667 bits per heavy atom. The van der Waals surface area contributed by atoms with E-state index in [4.69, 9.17) is 0 Å². The van der Waals surface area contributed by atoms with Crippen LogP contribution >= 0.6 is 0 Å². The monoisotopic (exact) mass is 618 g/mol. The van der Waals surface area contributed by atoms with E-state index in [0.717, 1.165) is 24.8 Å². The van der Waals surface area contributed by atoms with Crippen molar-refractivity contribution in [1.29, 1.82) is 0 Å². The molecule has 0 unspecified atom stereocenters. The summed E-state index contributed by atoms with van der Waals surface area (Å²) < 4.78 is 0. The van der Waals surface area contributed by atoms with E-state index in [0.29, 0.717) is 0 Å². The van der Waals surface area contributed by atoms with Crippen molar-refractivity contribution in [1.82, 2.24) is 0 Å². The molecular weight excluding hydrogens is 577 g/mol. The Morgan fingerprint density at radius 2 is 1.25 bits per heavy atom. The van der Waals surface area contributed by atoms with E-state index in [9.17, 15) is 0 Å². The second-order valence-corrected chi connectivity index (χ2v) is 12.7. The van der Waals surface area contributed by atoms with Gasteiger partial charge >= 0.3 is 0 Å². The van der Waals surface area contributed by atoms with E-state index < -0.39 is 0 Å². The van der Waals surface area contributed by atoms with Crippen molar-refractivity contribution in [2.75, 3.05) is 0 Å². The molecule has 6 aromatic carbocycles. The van der Waals surface area contributed by atoms with Gasteiger partial charge in [-0.25, -0.2) is 0 Å². The fourth-order valence-corrected chi connectivity index (χ4v) is 7.27. The summed E-state index contributed by atoms with van der Waals surface area (Å²) >= 11 is 0. The molecule has 0 radical (unpaired) electrons. The lowest BCUT2D eigenvalue weighted by Gasteiger charge is -2.21. The van der Waals surface area contributed by atoms with E-state index in [1.54, 1.807) is 0 Å². The van der Waals surface area contributed by atoms with Crippen molar-refractivity contribution < 1.29 is 0 Å². The Kier molecular flexibility index (Phi) is 8.91. The summed E-state index contributed by atoms with van der Waals surface area (Å²) in [6.07, 6.45) is 16.6. The summed E-state index contributed by atoms with van der Waals surface area (Å²) in [6.45, 7) is 11.0. The second-order valence-electron chi connectivity index (χ2n) is 12.7. The molecule has 0 heteroatoms. The van der Waals surface area contributed by atoms with Crippen LogP contribution in [0, 0.1) is 0 Å². The smallest absolute Gasteiger partial charge is 0.00264 e. The Morgan fingerprint density at radius 3 is 1.90 bits per heavy atom. The van der Waals surface area contributed by atoms with Gasteiger partial charge in [0.25, 0.3) is 0 Å². The molecule has 1 aliphatic carbocycles. The van der Waals surface area contributed by atoms with Crippen LogP contribution in [0.25, 0.3) is 60.1 Å². The first kappa shape index (κ1) is 31.2. The maximum atomic E-state index is 4.40. The molecule has 48 heavy (non-hydrogen) atoms. The van der Waals surface area contributed by atoms with Crippen molar-refractivity contribution in [3.63, 3.8) is 0 Å². The minimum atomic E-state index is 0.995. The quantitative estimate of drug-likeness (QED) is 0.123. The highest BCUT2D eigenvalue weighted by atomic mass is 14.2. The van der Waals surface area contributed by atoms with Crippen LogP contribution in [0.2, 0.25) is 0 Å². The van der Waals surface area contributed by atoms with E-state index in [-0.39, 0.29) is 0 Å². The first-order valence-corrected chi connectivity index (χ1v) is 17.2. The summed E-state index contributed by atoms with van der Waals surface area (Å²) in [5, 5.41) is 7.67. The normalized spacial score (nSPS) is 15.9. The van der Waals surface area contributed by atoms with Crippen LogP contribution in [0.1, 0.15) is 45.6 Å². The van der Waals surface area contributed by atoms with Crippen molar-refractivity contribution >= 4 is 37.9 Å². The van der Waals surface area contributed by atoms with Gasteiger partial charge in [-0.3, -0.25) is 0 Å². The van der Waals surface area contributed by atoms with Gasteiger partial charge in [0.1, 0.15) is 0 Å². The van der Waals surface area contributed by atoms with Gasteiger partial charge in [-0.15, -0.1) is 0 Å². The Bertz CT molecular complexity index is 2270. The minimum Gasteiger partial charge on any atom is -0.0912 e. The van der Waals surface area contributed by atoms with E-state index >= 15 is 0 Å². The molecule has 0 bridgehead atoms. The van der Waals surface area contributed by atoms with Gasteiger partial charge in [0, 0.05) is 0 Å². The zero-order chi connectivity index (χ0) is 33.0. The van der Waals surface area contributed by atoms with Crippen molar-refractivity contribution in [2.45, 2.75) is 40.0 Å². The molecule has 0 N–H and O–H groups in total. The molecule has 0 aromatic heterocycles. The molecule has 0 amide bonds. The second kappa shape index (κ2) is 13.7. The first-order valence-electron chi connectivity index (χ1n) is 17.2. The van der Waals surface area contributed by atoms with E-state index in [1.165, 1.54) is 82.4 Å². The number of rotatable bonds is 7. The number of hydrogen-bond donors (Lipinski definition) is 0. The van der Waals surface area contributed by atoms with Crippen LogP contribution in [0.4, 0.5) is 0 Å². The highest BCUT2D eigenvalue weighted by molar-refractivity contribution is 6.19. The molecule has 0 spiro atoms. The molecule has 6 aromatic rings. The van der Waals surface area contributed by atoms with E-state index in [2.05, 4.69) is 179 Å². The molecule has 234 valence electrons. The standard InChI is InChI=1S/C48H42/c1-5-7-15-33(3)41(6-2)37-19-14-16-34(4)42(31-30-37)48-45-22-12-10-20-43(45)47(44-21-11-13-23-46(44)48)38-27-24-36(25-28-38)40-29-26-35-17-8-9-18-39(35)32-40/h6-13,15,17-32H,3,5,14,16H2,1-2,4H3/b15-7-,31-30-,37-19+,41-6+,42-34?. The Labute approximate surface area is 285 Å². The molecule has 0 atom stereocenters. The van der Waals surface area contributed by atoms with Crippen molar-refractivity contribution in [3.05, 3.63) is 186 Å². The summed E-state index contributed by atoms with van der Waals surface area (Å²) in [5.74, 6) is 0. The van der Waals surface area contributed by atoms with Gasteiger partial charge in [-0.2, -0.15) is 0 Å². The molecular formula is C48H42. The molecule has 1 aliphatic rings. The van der Waals surface area contributed by atoms with Gasteiger partial charge in [0.05, 0.1) is 0 Å². The van der Waals surface area contributed by atoms with Crippen LogP contribution in [0.5, 0.6) is 0 Å². The molecule has 0 saturated carbocycles. The van der Waals surface area contributed by atoms with Crippen molar-refractivity contribution in [3.8, 4) is 22.3 Å². The molecule has 0 fully saturated rings. The van der Waals surface area contributed by atoms with Crippen LogP contribution in [0.15, 0.2) is 181 Å². The number of benzene rings is 6. The summed E-state index contributed by atoms with van der Waals surface area (Å²) in [7, 11) is 0. The van der Waals surface area contributed by atoms with Crippen LogP contribution in [-0.2, 0) is 0 Å². The average molecular weight is 619 g/mol. The topological polar surface area (TPSA) is 0 Å². The van der Waals surface area contributed by atoms with Gasteiger partial charge in [0.15, 0.2) is 0 Å². The molecule has 0 aliphatic heterocycles. The zero-order valence-corrected chi connectivity index (χ0v) is 28.3. The third-order valence-corrected chi connectivity index (χ3v) is 9.73. The molecule has 0 saturated heterocycles. The summed E-state index contributed by atoms with van der Waals surface area (Å²) in [4.78, 5) is 0. The summed E-state index contributed by atoms with van der Waals surface area (Å²) in [5.41, 5.74) is 12.5. The van der Waals surface area contributed by atoms with Gasteiger partial charge in [-0.05, 0) is 122 Å². The SMILES string of the molecule is C=C(/C=C\CC)C(=C\C)/C1=C/CCC(C)=C(c2c3ccccc3c(-c3ccc(-c4ccc5ccccc5c4)cc3)c3ccccc23)/C=C\1. The predicted molar refractivity (Wildman–Crippen MR) is 211 cm³/mol. The molecule has 7 rings (SSSR count). The number of allylic oxidation sites excluding steroid dienone is 11. The summed E-state index contributed by atoms with van der Waals surface area (Å²) in [6, 6.07) is 42.4. The predicted octanol–water partition coefficient (Wildman–Crippen LogP) is 14.0. The fourth-order valence-electron chi connectivity index (χ4n) is 7.27. The largest absolute Gasteiger partial charge is 0.0912 e. The fraction of sp³-hybridized carbons (Fsp3) is 0.125. The lowest BCUT2D eigenvalue weighted by atomic mass is 9.83. The molecule has 0 heterocycles. The number of fused-ring (bicyclic) bond motifs is 3. The Hall–Kier alpha value is -5.46. The van der Waals surface area contributed by atoms with Crippen molar-refractivity contribution in [2.24, 2.45) is 0 Å². The lowest BCUT2D eigenvalue weighted by molar-refractivity contribution is 0.973.